The lowest BCUT2D eigenvalue weighted by molar-refractivity contribution is 0.668. The summed E-state index contributed by atoms with van der Waals surface area (Å²) in [7, 11) is 0. The van der Waals surface area contributed by atoms with Crippen molar-refractivity contribution in [1.29, 1.82) is 0 Å². The smallest absolute Gasteiger partial charge is 0.0423 e. The SMILES string of the molecule is CCCCCCc1csc(-c2ccccc2)c1-c1cc(-c2c(CCCCCC)csc2-c2ccccc2)cc(-c2c(CCCCCC)csc2-c2ccccc2)c1. The van der Waals surface area contributed by atoms with Crippen LogP contribution >= 0.6 is 34.0 Å². The highest BCUT2D eigenvalue weighted by atomic mass is 32.1. The molecule has 0 aliphatic carbocycles. The molecule has 3 heteroatoms. The van der Waals surface area contributed by atoms with Crippen LogP contribution in [0.3, 0.4) is 0 Å². The van der Waals surface area contributed by atoms with E-state index in [0.29, 0.717) is 0 Å². The average Bonchev–Trinajstić information content (AvgIpc) is 4.01. The van der Waals surface area contributed by atoms with Crippen molar-refractivity contribution in [2.24, 2.45) is 0 Å². The zero-order valence-electron chi connectivity index (χ0n) is 34.5. The van der Waals surface area contributed by atoms with Crippen LogP contribution < -0.4 is 0 Å². The van der Waals surface area contributed by atoms with Crippen LogP contribution in [-0.2, 0) is 19.3 Å². The van der Waals surface area contributed by atoms with Crippen molar-refractivity contribution in [1.82, 2.24) is 0 Å². The minimum atomic E-state index is 1.12. The van der Waals surface area contributed by atoms with Gasteiger partial charge in [0.25, 0.3) is 0 Å². The van der Waals surface area contributed by atoms with Crippen LogP contribution in [0.15, 0.2) is 125 Å². The van der Waals surface area contributed by atoms with Gasteiger partial charge in [-0.15, -0.1) is 34.0 Å². The van der Waals surface area contributed by atoms with Gasteiger partial charge in [-0.05, 0) is 123 Å². The number of benzene rings is 4. The van der Waals surface area contributed by atoms with E-state index in [4.69, 9.17) is 0 Å². The van der Waals surface area contributed by atoms with E-state index in [2.05, 4.69) is 146 Å². The van der Waals surface area contributed by atoms with Gasteiger partial charge in [0.1, 0.15) is 0 Å². The van der Waals surface area contributed by atoms with Crippen molar-refractivity contribution < 1.29 is 0 Å². The van der Waals surface area contributed by atoms with Crippen molar-refractivity contribution in [3.63, 3.8) is 0 Å². The fraction of sp³-hybridized carbons (Fsp3) is 0.333. The van der Waals surface area contributed by atoms with Crippen molar-refractivity contribution in [3.05, 3.63) is 142 Å². The summed E-state index contributed by atoms with van der Waals surface area (Å²) in [5, 5.41) is 7.44. The standard InChI is InChI=1S/C54H60S3/c1-4-7-10-16-31-43-37-55-52(40-25-19-13-20-26-40)49(43)46-34-47(50-44(32-17-11-8-5-2)38-56-53(50)41-27-21-14-22-28-41)36-48(35-46)51-45(33-18-12-9-6-3)39-57-54(51)42-29-23-15-24-30-42/h13-15,19-30,34-39H,4-12,16-18,31-33H2,1-3H3. The van der Waals surface area contributed by atoms with Gasteiger partial charge in [-0.1, -0.05) is 170 Å². The second-order valence-corrected chi connectivity index (χ2v) is 18.4. The second-order valence-electron chi connectivity index (χ2n) is 15.7. The average molecular weight is 805 g/mol. The summed E-state index contributed by atoms with van der Waals surface area (Å²) in [4.78, 5) is 4.18. The Morgan fingerprint density at radius 3 is 0.860 bits per heavy atom. The highest BCUT2D eigenvalue weighted by Crippen LogP contribution is 2.49. The predicted octanol–water partition coefficient (Wildman–Crippen LogP) is 18.2. The molecule has 0 spiro atoms. The number of aryl methyl sites for hydroxylation is 3. The molecule has 4 aromatic carbocycles. The van der Waals surface area contributed by atoms with Crippen molar-refractivity contribution in [3.8, 4) is 64.7 Å². The van der Waals surface area contributed by atoms with Crippen molar-refractivity contribution >= 4 is 34.0 Å². The lowest BCUT2D eigenvalue weighted by Gasteiger charge is -2.17. The molecule has 3 heterocycles. The van der Waals surface area contributed by atoms with E-state index in [1.54, 1.807) is 0 Å². The summed E-state index contributed by atoms with van der Waals surface area (Å²) in [6, 6.07) is 41.2. The fourth-order valence-electron chi connectivity index (χ4n) is 8.38. The maximum absolute atomic E-state index is 2.58. The molecular weight excluding hydrogens is 745 g/mol. The molecule has 3 aromatic heterocycles. The van der Waals surface area contributed by atoms with Gasteiger partial charge in [-0.25, -0.2) is 0 Å². The summed E-state index contributed by atoms with van der Waals surface area (Å²) in [5.41, 5.74) is 16.8. The molecule has 7 aromatic rings. The first-order valence-corrected chi connectivity index (χ1v) is 24.5. The van der Waals surface area contributed by atoms with E-state index < -0.39 is 0 Å². The van der Waals surface area contributed by atoms with E-state index >= 15 is 0 Å². The highest BCUT2D eigenvalue weighted by molar-refractivity contribution is 7.15. The van der Waals surface area contributed by atoms with Gasteiger partial charge in [0.15, 0.2) is 0 Å². The molecule has 0 nitrogen and oxygen atoms in total. The van der Waals surface area contributed by atoms with Crippen molar-refractivity contribution in [2.75, 3.05) is 0 Å². The molecular formula is C54H60S3. The summed E-state index contributed by atoms with van der Waals surface area (Å²) >= 11 is 5.81. The van der Waals surface area contributed by atoms with E-state index in [9.17, 15) is 0 Å². The van der Waals surface area contributed by atoms with E-state index in [-0.39, 0.29) is 0 Å². The van der Waals surface area contributed by atoms with Gasteiger partial charge >= 0.3 is 0 Å². The third kappa shape index (κ3) is 10.2. The summed E-state index contributed by atoms with van der Waals surface area (Å²) < 4.78 is 0. The van der Waals surface area contributed by atoms with Crippen molar-refractivity contribution in [2.45, 2.75) is 117 Å². The van der Waals surface area contributed by atoms with Gasteiger partial charge in [-0.2, -0.15) is 0 Å². The third-order valence-corrected chi connectivity index (χ3v) is 14.6. The lowest BCUT2D eigenvalue weighted by Crippen LogP contribution is -1.95. The molecule has 0 radical (unpaired) electrons. The number of rotatable bonds is 21. The Bertz CT molecular complexity index is 1980. The molecule has 0 unspecified atom stereocenters. The van der Waals surface area contributed by atoms with Crippen LogP contribution in [-0.4, -0.2) is 0 Å². The molecule has 0 atom stereocenters. The maximum Gasteiger partial charge on any atom is 0.0423 e. The number of thiophene rings is 3. The van der Waals surface area contributed by atoms with Crippen LogP contribution in [0, 0.1) is 0 Å². The molecule has 0 fully saturated rings. The summed E-state index contributed by atoms with van der Waals surface area (Å²) in [6.45, 7) is 6.94. The Hall–Kier alpha value is -4.02. The van der Waals surface area contributed by atoms with Gasteiger partial charge in [-0.3, -0.25) is 0 Å². The molecule has 294 valence electrons. The first-order valence-electron chi connectivity index (χ1n) is 21.8. The van der Waals surface area contributed by atoms with E-state index in [0.717, 1.165) is 19.3 Å². The Kier molecular flexibility index (Phi) is 15.2. The van der Waals surface area contributed by atoms with Crippen LogP contribution in [0.1, 0.15) is 115 Å². The quantitative estimate of drug-likeness (QED) is 0.0635. The summed E-state index contributed by atoms with van der Waals surface area (Å²) in [5.74, 6) is 0. The molecule has 57 heavy (non-hydrogen) atoms. The molecule has 0 aliphatic rings. The second kappa shape index (κ2) is 21.1. The Morgan fingerprint density at radius 2 is 0.596 bits per heavy atom. The lowest BCUT2D eigenvalue weighted by atomic mass is 9.86. The summed E-state index contributed by atoms with van der Waals surface area (Å²) in [6.07, 6.45) is 18.6. The number of hydrogen-bond donors (Lipinski definition) is 0. The number of hydrogen-bond acceptors (Lipinski definition) is 3. The van der Waals surface area contributed by atoms with Crippen LogP contribution in [0.25, 0.3) is 64.7 Å². The third-order valence-electron chi connectivity index (χ3n) is 11.4. The molecule has 0 saturated carbocycles. The largest absolute Gasteiger partial charge is 0.143 e. The zero-order chi connectivity index (χ0) is 39.2. The molecule has 7 rings (SSSR count). The highest BCUT2D eigenvalue weighted by Gasteiger charge is 2.23. The van der Waals surface area contributed by atoms with Gasteiger partial charge in [0.05, 0.1) is 0 Å². The molecule has 0 saturated heterocycles. The van der Waals surface area contributed by atoms with Gasteiger partial charge < -0.3 is 0 Å². The normalized spacial score (nSPS) is 11.4. The molecule has 0 bridgehead atoms. The first-order chi connectivity index (χ1) is 28.2. The fourth-order valence-corrected chi connectivity index (χ4v) is 11.8. The van der Waals surface area contributed by atoms with Gasteiger partial charge in [0.2, 0.25) is 0 Å². The van der Waals surface area contributed by atoms with Crippen LogP contribution in [0.2, 0.25) is 0 Å². The molecule has 0 aliphatic heterocycles. The van der Waals surface area contributed by atoms with E-state index in [1.165, 1.54) is 158 Å². The number of unbranched alkanes of at least 4 members (excludes halogenated alkanes) is 9. The minimum Gasteiger partial charge on any atom is -0.143 e. The minimum absolute atomic E-state index is 1.12. The topological polar surface area (TPSA) is 0 Å². The van der Waals surface area contributed by atoms with Crippen LogP contribution in [0.4, 0.5) is 0 Å². The molecule has 0 N–H and O–H groups in total. The zero-order valence-corrected chi connectivity index (χ0v) is 36.9. The monoisotopic (exact) mass is 804 g/mol. The first kappa shape index (κ1) is 41.2. The van der Waals surface area contributed by atoms with Crippen LogP contribution in [0.5, 0.6) is 0 Å². The Morgan fingerprint density at radius 1 is 0.316 bits per heavy atom. The molecule has 0 amide bonds. The Labute approximate surface area is 355 Å². The van der Waals surface area contributed by atoms with Gasteiger partial charge in [0, 0.05) is 31.3 Å². The van der Waals surface area contributed by atoms with E-state index in [1.807, 2.05) is 34.0 Å². The predicted molar refractivity (Wildman–Crippen MR) is 256 cm³/mol. The maximum atomic E-state index is 2.58. The Balaban J connectivity index is 1.49.